The van der Waals surface area contributed by atoms with Gasteiger partial charge in [-0.1, -0.05) is 6.07 Å². The zero-order chi connectivity index (χ0) is 18.0. The molecule has 2 aromatic carbocycles. The monoisotopic (exact) mass is 349 g/mol. The molecule has 2 aromatic rings. The zero-order valence-corrected chi connectivity index (χ0v) is 12.9. The standard InChI is InChI=1S/C18H14F3NO3/c19-12-4-5-16-10(7-12)6-11(9-25-16)18(24)22-8-15(23)17-13(20)2-1-3-14(17)21/h1-7,15,23H,8-9H2,(H,22,24). The number of ether oxygens (including phenoxy) is 1. The minimum absolute atomic E-state index is 0.0331. The van der Waals surface area contributed by atoms with Gasteiger partial charge in [0.05, 0.1) is 11.1 Å². The molecule has 2 N–H and O–H groups in total. The number of amides is 1. The Morgan fingerprint density at radius 2 is 1.92 bits per heavy atom. The number of aliphatic hydroxyl groups is 1. The highest BCUT2D eigenvalue weighted by Crippen LogP contribution is 2.27. The molecule has 0 saturated carbocycles. The van der Waals surface area contributed by atoms with Gasteiger partial charge in [0.25, 0.3) is 5.91 Å². The Morgan fingerprint density at radius 1 is 1.20 bits per heavy atom. The van der Waals surface area contributed by atoms with Crippen molar-refractivity contribution < 1.29 is 27.8 Å². The molecule has 4 nitrogen and oxygen atoms in total. The second-order valence-corrected chi connectivity index (χ2v) is 5.50. The molecule has 130 valence electrons. The van der Waals surface area contributed by atoms with E-state index in [4.69, 9.17) is 4.74 Å². The molecular formula is C18H14F3NO3. The Hall–Kier alpha value is -2.80. The van der Waals surface area contributed by atoms with Gasteiger partial charge in [-0.15, -0.1) is 0 Å². The van der Waals surface area contributed by atoms with E-state index in [1.54, 1.807) is 0 Å². The molecule has 1 amide bonds. The molecule has 7 heteroatoms. The minimum atomic E-state index is -1.54. The number of fused-ring (bicyclic) bond motifs is 1. The van der Waals surface area contributed by atoms with Gasteiger partial charge in [-0.2, -0.15) is 0 Å². The minimum Gasteiger partial charge on any atom is -0.488 e. The van der Waals surface area contributed by atoms with Crippen molar-refractivity contribution in [2.45, 2.75) is 6.10 Å². The predicted octanol–water partition coefficient (Wildman–Crippen LogP) is 2.73. The Bertz CT molecular complexity index is 831. The molecule has 1 unspecified atom stereocenters. The Balaban J connectivity index is 1.69. The van der Waals surface area contributed by atoms with Crippen molar-refractivity contribution >= 4 is 12.0 Å². The zero-order valence-electron chi connectivity index (χ0n) is 12.9. The summed E-state index contributed by atoms with van der Waals surface area (Å²) < 4.78 is 45.8. The Labute approximate surface area is 141 Å². The van der Waals surface area contributed by atoms with Gasteiger partial charge < -0.3 is 15.2 Å². The second kappa shape index (κ2) is 6.98. The summed E-state index contributed by atoms with van der Waals surface area (Å²) in [4.78, 5) is 12.1. The largest absolute Gasteiger partial charge is 0.488 e. The normalized spacial score (nSPS) is 14.2. The van der Waals surface area contributed by atoms with Crippen LogP contribution in [0.2, 0.25) is 0 Å². The van der Waals surface area contributed by atoms with E-state index < -0.39 is 35.0 Å². The third-order valence-corrected chi connectivity index (χ3v) is 3.77. The molecule has 0 fully saturated rings. The summed E-state index contributed by atoms with van der Waals surface area (Å²) in [5.41, 5.74) is 0.112. The summed E-state index contributed by atoms with van der Waals surface area (Å²) in [6.07, 6.45) is -0.0761. The van der Waals surface area contributed by atoms with Crippen molar-refractivity contribution in [3.63, 3.8) is 0 Å². The van der Waals surface area contributed by atoms with E-state index in [9.17, 15) is 23.1 Å². The molecule has 1 heterocycles. The van der Waals surface area contributed by atoms with E-state index in [1.807, 2.05) is 0 Å². The van der Waals surface area contributed by atoms with E-state index in [0.29, 0.717) is 11.3 Å². The second-order valence-electron chi connectivity index (χ2n) is 5.50. The molecule has 0 aromatic heterocycles. The van der Waals surface area contributed by atoms with Crippen molar-refractivity contribution in [2.24, 2.45) is 0 Å². The summed E-state index contributed by atoms with van der Waals surface area (Å²) >= 11 is 0. The summed E-state index contributed by atoms with van der Waals surface area (Å²) in [5, 5.41) is 12.3. The van der Waals surface area contributed by atoms with Crippen molar-refractivity contribution in [3.8, 4) is 5.75 Å². The summed E-state index contributed by atoms with van der Waals surface area (Å²) in [6.45, 7) is -0.418. The molecule has 1 atom stereocenters. The lowest BCUT2D eigenvalue weighted by Gasteiger charge is -2.19. The van der Waals surface area contributed by atoms with Gasteiger partial charge >= 0.3 is 0 Å². The number of hydrogen-bond acceptors (Lipinski definition) is 3. The first-order chi connectivity index (χ1) is 12.0. The molecule has 0 spiro atoms. The lowest BCUT2D eigenvalue weighted by molar-refractivity contribution is -0.118. The Kier molecular flexibility index (Phi) is 4.76. The third-order valence-electron chi connectivity index (χ3n) is 3.77. The van der Waals surface area contributed by atoms with E-state index in [-0.39, 0.29) is 18.7 Å². The third kappa shape index (κ3) is 3.66. The molecule has 0 aliphatic carbocycles. The van der Waals surface area contributed by atoms with Crippen LogP contribution in [0.15, 0.2) is 42.0 Å². The predicted molar refractivity (Wildman–Crippen MR) is 84.2 cm³/mol. The van der Waals surface area contributed by atoms with Gasteiger partial charge in [-0.25, -0.2) is 13.2 Å². The van der Waals surface area contributed by atoms with E-state index in [0.717, 1.165) is 12.1 Å². The smallest absolute Gasteiger partial charge is 0.250 e. The number of carbonyl (C=O) groups is 1. The first-order valence-corrected chi connectivity index (χ1v) is 7.49. The fraction of sp³-hybridized carbons (Fsp3) is 0.167. The quantitative estimate of drug-likeness (QED) is 0.892. The average Bonchev–Trinajstić information content (AvgIpc) is 2.58. The molecule has 3 rings (SSSR count). The Morgan fingerprint density at radius 3 is 2.64 bits per heavy atom. The molecule has 0 radical (unpaired) electrons. The number of rotatable bonds is 4. The number of aliphatic hydroxyl groups excluding tert-OH is 1. The maximum Gasteiger partial charge on any atom is 0.250 e. The van der Waals surface area contributed by atoms with Crippen LogP contribution in [-0.4, -0.2) is 24.2 Å². The van der Waals surface area contributed by atoms with Crippen LogP contribution in [0.5, 0.6) is 5.75 Å². The van der Waals surface area contributed by atoms with Crippen LogP contribution >= 0.6 is 0 Å². The van der Waals surface area contributed by atoms with Crippen LogP contribution in [0.4, 0.5) is 13.2 Å². The molecule has 0 bridgehead atoms. The first kappa shape index (κ1) is 17.0. The molecule has 1 aliphatic heterocycles. The van der Waals surface area contributed by atoms with Gasteiger partial charge in [-0.05, 0) is 36.4 Å². The van der Waals surface area contributed by atoms with Gasteiger partial charge in [0, 0.05) is 12.1 Å². The van der Waals surface area contributed by atoms with Gasteiger partial charge in [-0.3, -0.25) is 4.79 Å². The highest BCUT2D eigenvalue weighted by Gasteiger charge is 2.21. The SMILES string of the molecule is O=C(NCC(O)c1c(F)cccc1F)C1=Cc2cc(F)ccc2OC1. The maximum atomic E-state index is 13.6. The van der Waals surface area contributed by atoms with Gasteiger partial charge in [0.15, 0.2) is 0 Å². The van der Waals surface area contributed by atoms with Crippen LogP contribution < -0.4 is 10.1 Å². The van der Waals surface area contributed by atoms with Crippen LogP contribution in [-0.2, 0) is 4.79 Å². The molecule has 0 saturated heterocycles. The first-order valence-electron chi connectivity index (χ1n) is 7.49. The van der Waals surface area contributed by atoms with E-state index in [2.05, 4.69) is 5.32 Å². The average molecular weight is 349 g/mol. The van der Waals surface area contributed by atoms with Crippen molar-refractivity contribution in [2.75, 3.05) is 13.2 Å². The van der Waals surface area contributed by atoms with Gasteiger partial charge in [0.2, 0.25) is 0 Å². The highest BCUT2D eigenvalue weighted by atomic mass is 19.1. The topological polar surface area (TPSA) is 58.6 Å². The van der Waals surface area contributed by atoms with E-state index >= 15 is 0 Å². The summed E-state index contributed by atoms with van der Waals surface area (Å²) in [7, 11) is 0. The summed E-state index contributed by atoms with van der Waals surface area (Å²) in [5.74, 6) is -2.39. The number of carbonyl (C=O) groups excluding carboxylic acids is 1. The van der Waals surface area contributed by atoms with Crippen LogP contribution in [0.3, 0.4) is 0 Å². The van der Waals surface area contributed by atoms with Gasteiger partial charge in [0.1, 0.15) is 35.9 Å². The molecular weight excluding hydrogens is 335 g/mol. The van der Waals surface area contributed by atoms with Crippen LogP contribution in [0.25, 0.3) is 6.08 Å². The number of halogens is 3. The summed E-state index contributed by atoms with van der Waals surface area (Å²) in [6, 6.07) is 7.15. The number of hydrogen-bond donors (Lipinski definition) is 2. The lowest BCUT2D eigenvalue weighted by atomic mass is 10.1. The number of benzene rings is 2. The lowest BCUT2D eigenvalue weighted by Crippen LogP contribution is -2.32. The highest BCUT2D eigenvalue weighted by molar-refractivity contribution is 5.99. The van der Waals surface area contributed by atoms with Crippen molar-refractivity contribution in [3.05, 3.63) is 70.5 Å². The van der Waals surface area contributed by atoms with E-state index in [1.165, 1.54) is 30.3 Å². The maximum absolute atomic E-state index is 13.6. The van der Waals surface area contributed by atoms with Crippen LogP contribution in [0, 0.1) is 17.5 Å². The van der Waals surface area contributed by atoms with Crippen molar-refractivity contribution in [1.82, 2.24) is 5.32 Å². The fourth-order valence-electron chi connectivity index (χ4n) is 2.51. The number of nitrogens with one attached hydrogen (secondary N) is 1. The van der Waals surface area contributed by atoms with Crippen LogP contribution in [0.1, 0.15) is 17.2 Å². The molecule has 25 heavy (non-hydrogen) atoms. The fourth-order valence-corrected chi connectivity index (χ4v) is 2.51. The van der Waals surface area contributed by atoms with Crippen molar-refractivity contribution in [1.29, 1.82) is 0 Å². The molecule has 1 aliphatic rings.